The molecule has 134 valence electrons. The van der Waals surface area contributed by atoms with Gasteiger partial charge in [0.2, 0.25) is 0 Å². The van der Waals surface area contributed by atoms with Gasteiger partial charge in [0.05, 0.1) is 26.0 Å². The Balaban J connectivity index is 2.02. The predicted octanol–water partition coefficient (Wildman–Crippen LogP) is 3.55. The van der Waals surface area contributed by atoms with Crippen molar-refractivity contribution in [2.45, 2.75) is 39.2 Å². The fourth-order valence-corrected chi connectivity index (χ4v) is 2.38. The Kier molecular flexibility index (Phi) is 7.19. The van der Waals surface area contributed by atoms with Crippen LogP contribution in [-0.2, 0) is 0 Å². The van der Waals surface area contributed by atoms with Crippen LogP contribution in [0.1, 0.15) is 55.2 Å². The van der Waals surface area contributed by atoms with Crippen LogP contribution >= 0.6 is 0 Å². The molecule has 25 heavy (non-hydrogen) atoms. The number of aromatic nitrogens is 2. The number of nitrogens with one attached hydrogen (secondary N) is 1. The van der Waals surface area contributed by atoms with Crippen LogP contribution in [-0.4, -0.2) is 29.6 Å². The molecule has 1 atom stereocenters. The quantitative estimate of drug-likeness (QED) is 0.705. The molecule has 1 heterocycles. The molecule has 0 saturated heterocycles. The fourth-order valence-electron chi connectivity index (χ4n) is 2.38. The molecule has 0 aliphatic carbocycles. The van der Waals surface area contributed by atoms with E-state index >= 15 is 0 Å². The zero-order chi connectivity index (χ0) is 18.1. The van der Waals surface area contributed by atoms with Crippen molar-refractivity contribution in [3.63, 3.8) is 0 Å². The van der Waals surface area contributed by atoms with Crippen molar-refractivity contribution in [2.24, 2.45) is 0 Å². The van der Waals surface area contributed by atoms with Gasteiger partial charge in [-0.1, -0.05) is 25.8 Å². The topological polar surface area (TPSA) is 73.3 Å². The van der Waals surface area contributed by atoms with Gasteiger partial charge in [-0.2, -0.15) is 0 Å². The molecule has 6 heteroatoms. The number of benzene rings is 1. The maximum atomic E-state index is 12.2. The Hall–Kier alpha value is -2.63. The first-order chi connectivity index (χ1) is 12.2. The van der Waals surface area contributed by atoms with Gasteiger partial charge in [0.25, 0.3) is 5.91 Å². The Bertz CT molecular complexity index is 677. The smallest absolute Gasteiger partial charge is 0.271 e. The van der Waals surface area contributed by atoms with Gasteiger partial charge in [0.1, 0.15) is 5.69 Å². The number of amides is 1. The van der Waals surface area contributed by atoms with Gasteiger partial charge < -0.3 is 14.8 Å². The highest BCUT2D eigenvalue weighted by Gasteiger charge is 2.15. The first-order valence-corrected chi connectivity index (χ1v) is 8.53. The minimum atomic E-state index is -0.264. The minimum Gasteiger partial charge on any atom is -0.493 e. The molecule has 1 amide bonds. The maximum Gasteiger partial charge on any atom is 0.271 e. The third-order valence-electron chi connectivity index (χ3n) is 3.84. The molecule has 0 bridgehead atoms. The fraction of sp³-hybridized carbons (Fsp3) is 0.421. The third-order valence-corrected chi connectivity index (χ3v) is 3.84. The SMILES string of the molecule is CCCCCOc1ccc([C@H](C)NC(=O)c2cnccn2)cc1OC. The highest BCUT2D eigenvalue weighted by molar-refractivity contribution is 5.92. The summed E-state index contributed by atoms with van der Waals surface area (Å²) in [6.07, 6.45) is 7.79. The van der Waals surface area contributed by atoms with E-state index in [0.29, 0.717) is 12.4 Å². The standard InChI is InChI=1S/C19H25N3O3/c1-4-5-6-11-25-17-8-7-15(12-18(17)24-3)14(2)22-19(23)16-13-20-9-10-21-16/h7-10,12-14H,4-6,11H2,1-3H3,(H,22,23)/t14-/m0/s1. The molecule has 0 aliphatic rings. The average molecular weight is 343 g/mol. The third kappa shape index (κ3) is 5.45. The van der Waals surface area contributed by atoms with Crippen molar-refractivity contribution < 1.29 is 14.3 Å². The van der Waals surface area contributed by atoms with Crippen LogP contribution in [0.15, 0.2) is 36.8 Å². The predicted molar refractivity (Wildman–Crippen MR) is 95.9 cm³/mol. The van der Waals surface area contributed by atoms with E-state index in [1.807, 2.05) is 25.1 Å². The molecule has 2 aromatic rings. The van der Waals surface area contributed by atoms with Gasteiger partial charge in [-0.15, -0.1) is 0 Å². The molecule has 0 saturated carbocycles. The Labute approximate surface area is 148 Å². The first-order valence-electron chi connectivity index (χ1n) is 8.53. The summed E-state index contributed by atoms with van der Waals surface area (Å²) >= 11 is 0. The molecule has 0 spiro atoms. The Morgan fingerprint density at radius 2 is 2.08 bits per heavy atom. The molecule has 1 aromatic carbocycles. The summed E-state index contributed by atoms with van der Waals surface area (Å²) in [6, 6.07) is 5.50. The molecule has 0 fully saturated rings. The van der Waals surface area contributed by atoms with Crippen LogP contribution in [0.5, 0.6) is 11.5 Å². The van der Waals surface area contributed by atoms with Crippen molar-refractivity contribution >= 4 is 5.91 Å². The van der Waals surface area contributed by atoms with Crippen LogP contribution < -0.4 is 14.8 Å². The normalized spacial score (nSPS) is 11.6. The minimum absolute atomic E-state index is 0.197. The summed E-state index contributed by atoms with van der Waals surface area (Å²) in [5, 5.41) is 2.91. The summed E-state index contributed by atoms with van der Waals surface area (Å²) in [6.45, 7) is 4.74. The molecule has 0 aliphatic heterocycles. The second-order valence-corrected chi connectivity index (χ2v) is 5.75. The van der Waals surface area contributed by atoms with Crippen molar-refractivity contribution in [2.75, 3.05) is 13.7 Å². The van der Waals surface area contributed by atoms with Crippen LogP contribution in [0.4, 0.5) is 0 Å². The summed E-state index contributed by atoms with van der Waals surface area (Å²) in [5.74, 6) is 1.11. The number of nitrogens with zero attached hydrogens (tertiary/aromatic N) is 2. The molecule has 0 unspecified atom stereocenters. The van der Waals surface area contributed by atoms with Gasteiger partial charge in [0.15, 0.2) is 11.5 Å². The number of hydrogen-bond acceptors (Lipinski definition) is 5. The molecule has 0 radical (unpaired) electrons. The van der Waals surface area contributed by atoms with E-state index in [1.54, 1.807) is 7.11 Å². The number of methoxy groups -OCH3 is 1. The van der Waals surface area contributed by atoms with E-state index in [-0.39, 0.29) is 17.6 Å². The second kappa shape index (κ2) is 9.61. The molecule has 1 aromatic heterocycles. The zero-order valence-corrected chi connectivity index (χ0v) is 15.0. The summed E-state index contributed by atoms with van der Waals surface area (Å²) in [7, 11) is 1.61. The van der Waals surface area contributed by atoms with Crippen molar-refractivity contribution in [1.82, 2.24) is 15.3 Å². The number of carbonyl (C=O) groups is 1. The van der Waals surface area contributed by atoms with Crippen LogP contribution in [0.25, 0.3) is 0 Å². The van der Waals surface area contributed by atoms with Crippen molar-refractivity contribution in [3.05, 3.63) is 48.0 Å². The van der Waals surface area contributed by atoms with Crippen molar-refractivity contribution in [1.29, 1.82) is 0 Å². The largest absolute Gasteiger partial charge is 0.493 e. The summed E-state index contributed by atoms with van der Waals surface area (Å²) < 4.78 is 11.2. The highest BCUT2D eigenvalue weighted by Crippen LogP contribution is 2.30. The molecule has 6 nitrogen and oxygen atoms in total. The van der Waals surface area contributed by atoms with E-state index < -0.39 is 0 Å². The highest BCUT2D eigenvalue weighted by atomic mass is 16.5. The Morgan fingerprint density at radius 3 is 2.76 bits per heavy atom. The van der Waals surface area contributed by atoms with Crippen molar-refractivity contribution in [3.8, 4) is 11.5 Å². The van der Waals surface area contributed by atoms with E-state index in [0.717, 1.165) is 30.6 Å². The lowest BCUT2D eigenvalue weighted by atomic mass is 10.1. The molecular weight excluding hydrogens is 318 g/mol. The maximum absolute atomic E-state index is 12.2. The Morgan fingerprint density at radius 1 is 1.24 bits per heavy atom. The summed E-state index contributed by atoms with van der Waals surface area (Å²) in [5.41, 5.74) is 1.21. The lowest BCUT2D eigenvalue weighted by Gasteiger charge is -2.17. The monoisotopic (exact) mass is 343 g/mol. The lowest BCUT2D eigenvalue weighted by molar-refractivity contribution is 0.0934. The number of carbonyl (C=O) groups excluding carboxylic acids is 1. The van der Waals surface area contributed by atoms with E-state index in [1.165, 1.54) is 18.6 Å². The molecule has 2 rings (SSSR count). The van der Waals surface area contributed by atoms with Gasteiger partial charge in [-0.25, -0.2) is 4.98 Å². The number of hydrogen-bond donors (Lipinski definition) is 1. The molecule has 1 N–H and O–H groups in total. The van der Waals surface area contributed by atoms with Crippen LogP contribution in [0.2, 0.25) is 0 Å². The lowest BCUT2D eigenvalue weighted by Crippen LogP contribution is -2.27. The van der Waals surface area contributed by atoms with E-state index in [2.05, 4.69) is 22.2 Å². The molecular formula is C19H25N3O3. The van der Waals surface area contributed by atoms with Gasteiger partial charge >= 0.3 is 0 Å². The second-order valence-electron chi connectivity index (χ2n) is 5.75. The average Bonchev–Trinajstić information content (AvgIpc) is 2.65. The van der Waals surface area contributed by atoms with E-state index in [4.69, 9.17) is 9.47 Å². The zero-order valence-electron chi connectivity index (χ0n) is 15.0. The van der Waals surface area contributed by atoms with Crippen LogP contribution in [0.3, 0.4) is 0 Å². The number of ether oxygens (including phenoxy) is 2. The number of unbranched alkanes of at least 4 members (excludes halogenated alkanes) is 2. The van der Waals surface area contributed by atoms with Gasteiger partial charge in [0, 0.05) is 12.4 Å². The number of rotatable bonds is 9. The van der Waals surface area contributed by atoms with E-state index in [9.17, 15) is 4.79 Å². The first kappa shape index (κ1) is 18.7. The summed E-state index contributed by atoms with van der Waals surface area (Å²) in [4.78, 5) is 20.1. The van der Waals surface area contributed by atoms with Crippen LogP contribution in [0, 0.1) is 0 Å². The van der Waals surface area contributed by atoms with Gasteiger partial charge in [-0.3, -0.25) is 9.78 Å². The van der Waals surface area contributed by atoms with Gasteiger partial charge in [-0.05, 0) is 31.0 Å².